The molecule has 2 rings (SSSR count). The van der Waals surface area contributed by atoms with Crippen LogP contribution in [0.1, 0.15) is 11.1 Å². The molecule has 0 heterocycles. The highest BCUT2D eigenvalue weighted by Gasteiger charge is 2.20. The minimum Gasteiger partial charge on any atom is -0.337 e. The number of nitrogens with zero attached hydrogens (tertiary/aromatic N) is 1. The Labute approximate surface area is 159 Å². The second-order valence-electron chi connectivity index (χ2n) is 5.88. The molecular weight excluding hydrogens is 374 g/mol. The molecular formula is C18H22ClN3O3S. The van der Waals surface area contributed by atoms with E-state index in [4.69, 9.17) is 11.6 Å². The van der Waals surface area contributed by atoms with Gasteiger partial charge in [0.2, 0.25) is 10.0 Å². The number of hydrogen-bond acceptors (Lipinski definition) is 3. The van der Waals surface area contributed by atoms with Gasteiger partial charge in [-0.3, -0.25) is 0 Å². The van der Waals surface area contributed by atoms with Crippen molar-refractivity contribution in [2.24, 2.45) is 0 Å². The van der Waals surface area contributed by atoms with Crippen LogP contribution in [0.3, 0.4) is 0 Å². The zero-order valence-corrected chi connectivity index (χ0v) is 16.3. The summed E-state index contributed by atoms with van der Waals surface area (Å²) in [4.78, 5) is 12.0. The summed E-state index contributed by atoms with van der Waals surface area (Å²) in [7, 11) is -2.08. The van der Waals surface area contributed by atoms with Gasteiger partial charge in [-0.25, -0.2) is 13.2 Å². The molecule has 26 heavy (non-hydrogen) atoms. The van der Waals surface area contributed by atoms with Crippen molar-refractivity contribution in [3.05, 3.63) is 64.7 Å². The molecule has 2 aromatic carbocycles. The Kier molecular flexibility index (Phi) is 7.02. The Morgan fingerprint density at radius 1 is 1.12 bits per heavy atom. The predicted molar refractivity (Wildman–Crippen MR) is 103 cm³/mol. The zero-order valence-electron chi connectivity index (χ0n) is 14.7. The second kappa shape index (κ2) is 9.02. The fourth-order valence-corrected chi connectivity index (χ4v) is 3.61. The van der Waals surface area contributed by atoms with Gasteiger partial charge in [0.05, 0.1) is 4.90 Å². The number of urea groups is 1. The lowest BCUT2D eigenvalue weighted by Crippen LogP contribution is -2.40. The van der Waals surface area contributed by atoms with Gasteiger partial charge in [0.25, 0.3) is 0 Å². The lowest BCUT2D eigenvalue weighted by atomic mass is 10.2. The van der Waals surface area contributed by atoms with E-state index in [0.29, 0.717) is 11.6 Å². The summed E-state index contributed by atoms with van der Waals surface area (Å²) < 4.78 is 26.1. The molecule has 2 amide bonds. The third kappa shape index (κ3) is 5.72. The molecule has 0 unspecified atom stereocenters. The van der Waals surface area contributed by atoms with Gasteiger partial charge in [-0.15, -0.1) is 0 Å². The number of aryl methyl sites for hydroxylation is 1. The minimum absolute atomic E-state index is 0.167. The summed E-state index contributed by atoms with van der Waals surface area (Å²) in [6, 6.07) is 13.5. The molecule has 0 spiro atoms. The first kappa shape index (κ1) is 20.2. The predicted octanol–water partition coefficient (Wildman–Crippen LogP) is 2.77. The standard InChI is InChI=1S/C18H22ClN3O3S/c1-14-6-8-17(9-7-14)26(24,25)22(2)11-10-20-18(23)21-13-15-4-3-5-16(19)12-15/h3-9,12H,10-11,13H2,1-2H3,(H2,20,21,23). The number of carbonyl (C=O) groups excluding carboxylic acids is 1. The highest BCUT2D eigenvalue weighted by atomic mass is 35.5. The van der Waals surface area contributed by atoms with E-state index < -0.39 is 10.0 Å². The van der Waals surface area contributed by atoms with Crippen LogP contribution in [0.4, 0.5) is 4.79 Å². The minimum atomic E-state index is -3.57. The van der Waals surface area contributed by atoms with Crippen molar-refractivity contribution in [2.45, 2.75) is 18.4 Å². The van der Waals surface area contributed by atoms with Crippen molar-refractivity contribution >= 4 is 27.7 Å². The van der Waals surface area contributed by atoms with Gasteiger partial charge in [0.15, 0.2) is 0 Å². The number of nitrogens with one attached hydrogen (secondary N) is 2. The van der Waals surface area contributed by atoms with Gasteiger partial charge in [0.1, 0.15) is 0 Å². The van der Waals surface area contributed by atoms with Crippen molar-refractivity contribution in [1.29, 1.82) is 0 Å². The molecule has 0 saturated heterocycles. The lowest BCUT2D eigenvalue weighted by molar-refractivity contribution is 0.240. The topological polar surface area (TPSA) is 78.5 Å². The monoisotopic (exact) mass is 395 g/mol. The Hall–Kier alpha value is -2.09. The number of amides is 2. The summed E-state index contributed by atoms with van der Waals surface area (Å²) in [5.41, 5.74) is 1.87. The molecule has 0 radical (unpaired) electrons. The number of rotatable bonds is 7. The normalized spacial score (nSPS) is 11.4. The first-order valence-corrected chi connectivity index (χ1v) is 9.90. The summed E-state index contributed by atoms with van der Waals surface area (Å²) in [6.45, 7) is 2.60. The highest BCUT2D eigenvalue weighted by molar-refractivity contribution is 7.89. The van der Waals surface area contributed by atoms with E-state index in [2.05, 4.69) is 10.6 Å². The van der Waals surface area contributed by atoms with Gasteiger partial charge < -0.3 is 10.6 Å². The highest BCUT2D eigenvalue weighted by Crippen LogP contribution is 2.14. The van der Waals surface area contributed by atoms with Crippen LogP contribution in [-0.4, -0.2) is 38.9 Å². The molecule has 0 atom stereocenters. The van der Waals surface area contributed by atoms with Gasteiger partial charge in [0, 0.05) is 31.7 Å². The molecule has 0 aliphatic rings. The lowest BCUT2D eigenvalue weighted by Gasteiger charge is -2.17. The van der Waals surface area contributed by atoms with Crippen LogP contribution < -0.4 is 10.6 Å². The maximum Gasteiger partial charge on any atom is 0.315 e. The maximum absolute atomic E-state index is 12.4. The third-order valence-corrected chi connectivity index (χ3v) is 5.89. The third-order valence-electron chi connectivity index (χ3n) is 3.78. The van der Waals surface area contributed by atoms with E-state index in [-0.39, 0.29) is 24.0 Å². The largest absolute Gasteiger partial charge is 0.337 e. The van der Waals surface area contributed by atoms with Crippen LogP contribution >= 0.6 is 11.6 Å². The fourth-order valence-electron chi connectivity index (χ4n) is 2.23. The van der Waals surface area contributed by atoms with Crippen molar-refractivity contribution in [1.82, 2.24) is 14.9 Å². The number of carbonyl (C=O) groups is 1. The van der Waals surface area contributed by atoms with Crippen molar-refractivity contribution in [2.75, 3.05) is 20.1 Å². The number of halogens is 1. The smallest absolute Gasteiger partial charge is 0.315 e. The molecule has 0 aliphatic heterocycles. The van der Waals surface area contributed by atoms with Crippen molar-refractivity contribution in [3.8, 4) is 0 Å². The Morgan fingerprint density at radius 3 is 2.46 bits per heavy atom. The first-order chi connectivity index (χ1) is 12.3. The summed E-state index contributed by atoms with van der Waals surface area (Å²) in [6.07, 6.45) is 0. The van der Waals surface area contributed by atoms with Gasteiger partial charge >= 0.3 is 6.03 Å². The number of sulfonamides is 1. The van der Waals surface area contributed by atoms with E-state index in [1.807, 2.05) is 19.1 Å². The number of hydrogen-bond donors (Lipinski definition) is 2. The molecule has 0 aromatic heterocycles. The molecule has 6 nitrogen and oxygen atoms in total. The van der Waals surface area contributed by atoms with Gasteiger partial charge in [-0.2, -0.15) is 4.31 Å². The molecule has 0 saturated carbocycles. The first-order valence-electron chi connectivity index (χ1n) is 8.08. The molecule has 140 valence electrons. The average molecular weight is 396 g/mol. The van der Waals surface area contributed by atoms with E-state index in [0.717, 1.165) is 11.1 Å². The summed E-state index contributed by atoms with van der Waals surface area (Å²) in [5.74, 6) is 0. The quantitative estimate of drug-likeness (QED) is 0.756. The zero-order chi connectivity index (χ0) is 19.2. The SMILES string of the molecule is Cc1ccc(S(=O)(=O)N(C)CCNC(=O)NCc2cccc(Cl)c2)cc1. The number of likely N-dealkylation sites (N-methyl/N-ethyl adjacent to an activating group) is 1. The Morgan fingerprint density at radius 2 is 1.81 bits per heavy atom. The van der Waals surface area contributed by atoms with Crippen molar-refractivity contribution in [3.63, 3.8) is 0 Å². The Balaban J connectivity index is 1.79. The van der Waals surface area contributed by atoms with Crippen LogP contribution in [-0.2, 0) is 16.6 Å². The molecule has 0 bridgehead atoms. The van der Waals surface area contributed by atoms with E-state index in [1.54, 1.807) is 36.4 Å². The van der Waals surface area contributed by atoms with Gasteiger partial charge in [-0.1, -0.05) is 41.4 Å². The Bertz CT molecular complexity index is 854. The summed E-state index contributed by atoms with van der Waals surface area (Å²) >= 11 is 5.89. The van der Waals surface area contributed by atoms with E-state index in [1.165, 1.54) is 11.4 Å². The van der Waals surface area contributed by atoms with E-state index in [9.17, 15) is 13.2 Å². The van der Waals surface area contributed by atoms with Crippen LogP contribution in [0.15, 0.2) is 53.4 Å². The fraction of sp³-hybridized carbons (Fsp3) is 0.278. The molecule has 2 aromatic rings. The van der Waals surface area contributed by atoms with Crippen LogP contribution in [0.25, 0.3) is 0 Å². The van der Waals surface area contributed by atoms with Crippen LogP contribution in [0.5, 0.6) is 0 Å². The average Bonchev–Trinajstić information content (AvgIpc) is 2.60. The maximum atomic E-state index is 12.4. The molecule has 0 fully saturated rings. The van der Waals surface area contributed by atoms with Gasteiger partial charge in [-0.05, 0) is 36.8 Å². The van der Waals surface area contributed by atoms with Crippen LogP contribution in [0, 0.1) is 6.92 Å². The summed E-state index contributed by atoms with van der Waals surface area (Å²) in [5, 5.41) is 5.95. The molecule has 8 heteroatoms. The molecule has 0 aliphatic carbocycles. The number of benzene rings is 2. The van der Waals surface area contributed by atoms with E-state index >= 15 is 0 Å². The van der Waals surface area contributed by atoms with Crippen LogP contribution in [0.2, 0.25) is 5.02 Å². The second-order valence-corrected chi connectivity index (χ2v) is 8.36. The molecule has 2 N–H and O–H groups in total. The van der Waals surface area contributed by atoms with Crippen molar-refractivity contribution < 1.29 is 13.2 Å².